The molecule has 0 amide bonds. The van der Waals surface area contributed by atoms with E-state index in [-0.39, 0.29) is 0 Å². The van der Waals surface area contributed by atoms with Crippen LogP contribution in [0.5, 0.6) is 0 Å². The van der Waals surface area contributed by atoms with Crippen molar-refractivity contribution in [2.75, 3.05) is 0 Å². The molecule has 2 rings (SSSR count). The van der Waals surface area contributed by atoms with Crippen LogP contribution in [0.25, 0.3) is 0 Å². The second-order valence-electron chi connectivity index (χ2n) is 2.90. The zero-order valence-electron chi connectivity index (χ0n) is 6.65. The molecule has 0 fully saturated rings. The van der Waals surface area contributed by atoms with Crippen molar-refractivity contribution in [2.45, 2.75) is 3.36 Å². The first-order valence-electron chi connectivity index (χ1n) is 3.80. The number of hydrogen-bond acceptors (Lipinski definition) is 1. The quantitative estimate of drug-likeness (QED) is 0.337. The predicted molar refractivity (Wildman–Crippen MR) is 61.3 cm³/mol. The smallest absolute Gasteiger partial charge is 0.241 e. The zero-order chi connectivity index (χ0) is 9.53. The summed E-state index contributed by atoms with van der Waals surface area (Å²) in [6, 6.07) is 9.23. The molecule has 0 bridgehead atoms. The van der Waals surface area contributed by atoms with Crippen LogP contribution in [-0.2, 0) is 0 Å². The molecule has 1 aromatic carbocycles. The lowest BCUT2D eigenvalue weighted by molar-refractivity contribution is 0.446. The van der Waals surface area contributed by atoms with E-state index in [1.165, 1.54) is 0 Å². The fourth-order valence-corrected chi connectivity index (χ4v) is 2.11. The number of quaternary nitrogens is 1. The van der Waals surface area contributed by atoms with Crippen LogP contribution in [0.2, 0.25) is 0 Å². The highest BCUT2D eigenvalue weighted by Crippen LogP contribution is 2.49. The van der Waals surface area contributed by atoms with Crippen LogP contribution in [0.3, 0.4) is 0 Å². The van der Waals surface area contributed by atoms with Crippen LogP contribution in [0.1, 0.15) is 0 Å². The molecule has 0 aromatic heterocycles. The SMILES string of the molecule is [O-][N+]1(c2ccccc2)C=CC1(Br)Br. The number of para-hydroxylation sites is 1. The molecule has 13 heavy (non-hydrogen) atoms. The summed E-state index contributed by atoms with van der Waals surface area (Å²) in [5.74, 6) is 0. The maximum Gasteiger partial charge on any atom is 0.241 e. The fourth-order valence-electron chi connectivity index (χ4n) is 1.23. The number of hydrogen-bond donors (Lipinski definition) is 0. The highest BCUT2D eigenvalue weighted by Gasteiger charge is 2.47. The van der Waals surface area contributed by atoms with Crippen molar-refractivity contribution in [3.63, 3.8) is 0 Å². The minimum Gasteiger partial charge on any atom is -0.620 e. The molecule has 0 saturated heterocycles. The lowest BCUT2D eigenvalue weighted by Crippen LogP contribution is -2.56. The monoisotopic (exact) mass is 303 g/mol. The second-order valence-corrected chi connectivity index (χ2v) is 6.38. The molecule has 0 N–H and O–H groups in total. The van der Waals surface area contributed by atoms with Gasteiger partial charge in [0.05, 0.1) is 6.08 Å². The van der Waals surface area contributed by atoms with Crippen LogP contribution < -0.4 is 4.65 Å². The van der Waals surface area contributed by atoms with Crippen molar-refractivity contribution >= 4 is 37.5 Å². The molecular formula is C9H7Br2NO. The number of benzene rings is 1. The van der Waals surface area contributed by atoms with Gasteiger partial charge in [0.1, 0.15) is 11.9 Å². The lowest BCUT2D eigenvalue weighted by atomic mass is 10.2. The van der Waals surface area contributed by atoms with Gasteiger partial charge >= 0.3 is 0 Å². The molecule has 1 heterocycles. The van der Waals surface area contributed by atoms with Crippen molar-refractivity contribution in [3.05, 3.63) is 47.8 Å². The van der Waals surface area contributed by atoms with Crippen LogP contribution in [0.15, 0.2) is 42.6 Å². The normalized spacial score (nSPS) is 29.8. The van der Waals surface area contributed by atoms with Gasteiger partial charge in [-0.1, -0.05) is 18.2 Å². The Morgan fingerprint density at radius 1 is 1.15 bits per heavy atom. The Balaban J connectivity index is 2.44. The molecule has 4 heteroatoms. The molecule has 68 valence electrons. The van der Waals surface area contributed by atoms with E-state index in [0.717, 1.165) is 0 Å². The summed E-state index contributed by atoms with van der Waals surface area (Å²) >= 11 is 6.63. The summed E-state index contributed by atoms with van der Waals surface area (Å²) in [5, 5.41) is 12.2. The van der Waals surface area contributed by atoms with Gasteiger partial charge in [-0.3, -0.25) is 4.65 Å². The van der Waals surface area contributed by atoms with Gasteiger partial charge in [0.15, 0.2) is 0 Å². The number of nitrogens with zero attached hydrogens (tertiary/aromatic N) is 1. The Morgan fingerprint density at radius 3 is 2.15 bits per heavy atom. The van der Waals surface area contributed by atoms with Gasteiger partial charge in [0.2, 0.25) is 3.36 Å². The standard InChI is InChI=1S/C9H7Br2NO/c10-9(11)6-7-12(9,13)8-4-2-1-3-5-8/h1-7H. The fraction of sp³-hybridized carbons (Fsp3) is 0.111. The molecule has 1 unspecified atom stereocenters. The Labute approximate surface area is 93.3 Å². The number of rotatable bonds is 1. The van der Waals surface area contributed by atoms with Gasteiger partial charge < -0.3 is 5.21 Å². The molecule has 0 spiro atoms. The molecule has 1 aromatic rings. The highest BCUT2D eigenvalue weighted by atomic mass is 79.9. The van der Waals surface area contributed by atoms with Gasteiger partial charge in [-0.25, -0.2) is 0 Å². The third-order valence-electron chi connectivity index (χ3n) is 2.07. The Kier molecular flexibility index (Phi) is 2.11. The minimum atomic E-state index is -0.693. The molecule has 0 radical (unpaired) electrons. The zero-order valence-corrected chi connectivity index (χ0v) is 9.82. The van der Waals surface area contributed by atoms with E-state index in [2.05, 4.69) is 31.9 Å². The van der Waals surface area contributed by atoms with E-state index in [1.54, 1.807) is 12.3 Å². The van der Waals surface area contributed by atoms with Gasteiger partial charge in [-0.2, -0.15) is 0 Å². The molecule has 1 aliphatic rings. The maximum atomic E-state index is 12.2. The van der Waals surface area contributed by atoms with E-state index >= 15 is 0 Å². The number of alkyl halides is 2. The van der Waals surface area contributed by atoms with Crippen molar-refractivity contribution < 1.29 is 0 Å². The maximum absolute atomic E-state index is 12.2. The third kappa shape index (κ3) is 1.29. The van der Waals surface area contributed by atoms with Gasteiger partial charge in [0, 0.05) is 31.9 Å². The Bertz CT molecular complexity index is 350. The first kappa shape index (κ1) is 9.40. The summed E-state index contributed by atoms with van der Waals surface area (Å²) in [7, 11) is 0. The van der Waals surface area contributed by atoms with E-state index in [4.69, 9.17) is 0 Å². The largest absolute Gasteiger partial charge is 0.620 e. The van der Waals surface area contributed by atoms with Crippen LogP contribution in [-0.4, -0.2) is 3.36 Å². The first-order valence-corrected chi connectivity index (χ1v) is 5.38. The predicted octanol–water partition coefficient (Wildman–Crippen LogP) is 3.46. The molecule has 0 saturated carbocycles. The Morgan fingerprint density at radius 2 is 1.77 bits per heavy atom. The van der Waals surface area contributed by atoms with E-state index < -0.39 is 8.00 Å². The summed E-state index contributed by atoms with van der Waals surface area (Å²) in [6.07, 6.45) is 3.38. The molecule has 2 nitrogen and oxygen atoms in total. The van der Waals surface area contributed by atoms with E-state index in [9.17, 15) is 5.21 Å². The van der Waals surface area contributed by atoms with Gasteiger partial charge in [-0.05, 0) is 12.1 Å². The topological polar surface area (TPSA) is 23.1 Å². The van der Waals surface area contributed by atoms with Crippen LogP contribution in [0, 0.1) is 5.21 Å². The lowest BCUT2D eigenvalue weighted by Gasteiger charge is -2.51. The second kappa shape index (κ2) is 2.92. The van der Waals surface area contributed by atoms with Crippen molar-refractivity contribution in [1.29, 1.82) is 0 Å². The number of hydroxylamine groups is 2. The first-order chi connectivity index (χ1) is 6.06. The summed E-state index contributed by atoms with van der Waals surface area (Å²) < 4.78 is -1.20. The summed E-state index contributed by atoms with van der Waals surface area (Å²) in [6.45, 7) is 0. The average molecular weight is 305 g/mol. The summed E-state index contributed by atoms with van der Waals surface area (Å²) in [5.41, 5.74) is 0.707. The number of halogens is 2. The van der Waals surface area contributed by atoms with E-state index in [1.807, 2.05) is 30.3 Å². The van der Waals surface area contributed by atoms with Crippen LogP contribution in [0.4, 0.5) is 5.69 Å². The molecule has 1 atom stereocenters. The Hall–Kier alpha value is -0.160. The van der Waals surface area contributed by atoms with Crippen molar-refractivity contribution in [3.8, 4) is 0 Å². The summed E-state index contributed by atoms with van der Waals surface area (Å²) in [4.78, 5) is 0. The van der Waals surface area contributed by atoms with Crippen LogP contribution >= 0.6 is 31.9 Å². The highest BCUT2D eigenvalue weighted by molar-refractivity contribution is 9.25. The molecular weight excluding hydrogens is 298 g/mol. The van der Waals surface area contributed by atoms with Gasteiger partial charge in [-0.15, -0.1) is 0 Å². The molecule has 0 aliphatic carbocycles. The average Bonchev–Trinajstić information content (AvgIpc) is 2.16. The van der Waals surface area contributed by atoms with Gasteiger partial charge in [0.25, 0.3) is 0 Å². The molecule has 1 aliphatic heterocycles. The van der Waals surface area contributed by atoms with E-state index in [0.29, 0.717) is 5.69 Å². The third-order valence-corrected chi connectivity index (χ3v) is 3.65. The van der Waals surface area contributed by atoms with Crippen molar-refractivity contribution in [1.82, 2.24) is 4.65 Å². The minimum absolute atomic E-state index is 0.506. The van der Waals surface area contributed by atoms with Crippen molar-refractivity contribution in [2.24, 2.45) is 0 Å².